The zero-order valence-electron chi connectivity index (χ0n) is 14.7. The van der Waals surface area contributed by atoms with Crippen LogP contribution < -0.4 is 5.32 Å². The fourth-order valence-corrected chi connectivity index (χ4v) is 4.21. The van der Waals surface area contributed by atoms with Gasteiger partial charge in [-0.1, -0.05) is 29.4 Å². The van der Waals surface area contributed by atoms with Gasteiger partial charge in [-0.05, 0) is 71.5 Å². The Morgan fingerprint density at radius 3 is 2.70 bits per heavy atom. The summed E-state index contributed by atoms with van der Waals surface area (Å²) in [6, 6.07) is 13.0. The summed E-state index contributed by atoms with van der Waals surface area (Å²) in [7, 11) is 1.68. The van der Waals surface area contributed by atoms with Gasteiger partial charge in [0.25, 0.3) is 0 Å². The van der Waals surface area contributed by atoms with Crippen molar-refractivity contribution in [1.29, 1.82) is 0 Å². The molecule has 5 nitrogen and oxygen atoms in total. The summed E-state index contributed by atoms with van der Waals surface area (Å²) in [6.07, 6.45) is 0.0749. The van der Waals surface area contributed by atoms with E-state index in [0.717, 1.165) is 14.8 Å². The highest BCUT2D eigenvalue weighted by Crippen LogP contribution is 2.31. The number of halogens is 2. The van der Waals surface area contributed by atoms with Crippen LogP contribution >= 0.6 is 46.0 Å². The lowest BCUT2D eigenvalue weighted by atomic mass is 10.2. The minimum atomic E-state index is -0.489. The zero-order chi connectivity index (χ0) is 19.6. The molecular weight excluding hydrogens is 497 g/mol. The number of hydrogen-bond donors (Lipinski definition) is 1. The highest BCUT2D eigenvalue weighted by Gasteiger charge is 2.37. The molecule has 1 saturated heterocycles. The standard InChI is InChI=1S/C19H17ClIN3O2S/c1-11-3-4-12(20)9-15(11)23-17(25)10-16-18(26)24(2)19(27-16)22-14-7-5-13(21)6-8-14/h3-9,16H,10H2,1-2H3,(H,23,25)/t16-/m0/s1. The summed E-state index contributed by atoms with van der Waals surface area (Å²) in [5.74, 6) is -0.350. The van der Waals surface area contributed by atoms with E-state index in [9.17, 15) is 9.59 Å². The van der Waals surface area contributed by atoms with Crippen LogP contribution in [0.2, 0.25) is 5.02 Å². The average Bonchev–Trinajstić information content (AvgIpc) is 2.88. The molecule has 0 spiro atoms. The van der Waals surface area contributed by atoms with Crippen molar-refractivity contribution in [2.45, 2.75) is 18.6 Å². The first-order valence-corrected chi connectivity index (χ1v) is 10.5. The number of benzene rings is 2. The van der Waals surface area contributed by atoms with Crippen LogP contribution in [0.15, 0.2) is 47.5 Å². The molecule has 0 unspecified atom stereocenters. The third-order valence-corrected chi connectivity index (χ3v) is 6.22. The molecule has 27 heavy (non-hydrogen) atoms. The molecule has 140 valence electrons. The SMILES string of the molecule is Cc1ccc(Cl)cc1NC(=O)C[C@@H]1SC(=Nc2ccc(I)cc2)N(C)C1=O. The van der Waals surface area contributed by atoms with E-state index < -0.39 is 5.25 Å². The van der Waals surface area contributed by atoms with E-state index in [4.69, 9.17) is 11.6 Å². The predicted molar refractivity (Wildman–Crippen MR) is 120 cm³/mol. The number of anilines is 1. The molecule has 1 aliphatic rings. The van der Waals surface area contributed by atoms with E-state index in [1.165, 1.54) is 16.7 Å². The fourth-order valence-electron chi connectivity index (χ4n) is 2.52. The fraction of sp³-hybridized carbons (Fsp3) is 0.211. The van der Waals surface area contributed by atoms with Crippen molar-refractivity contribution >= 4 is 74.3 Å². The summed E-state index contributed by atoms with van der Waals surface area (Å²) in [5, 5.41) is 3.49. The van der Waals surface area contributed by atoms with Crippen LogP contribution in [0.1, 0.15) is 12.0 Å². The minimum absolute atomic E-state index is 0.0749. The van der Waals surface area contributed by atoms with Gasteiger partial charge in [-0.25, -0.2) is 4.99 Å². The summed E-state index contributed by atoms with van der Waals surface area (Å²) in [6.45, 7) is 1.89. The van der Waals surface area contributed by atoms with Crippen molar-refractivity contribution in [2.24, 2.45) is 4.99 Å². The van der Waals surface area contributed by atoms with Crippen LogP contribution in [0.4, 0.5) is 11.4 Å². The van der Waals surface area contributed by atoms with Crippen molar-refractivity contribution in [3.8, 4) is 0 Å². The lowest BCUT2D eigenvalue weighted by Crippen LogP contribution is -2.30. The molecule has 2 amide bonds. The summed E-state index contributed by atoms with van der Waals surface area (Å²) in [5.41, 5.74) is 2.34. The second kappa shape index (κ2) is 8.62. The molecule has 8 heteroatoms. The maximum Gasteiger partial charge on any atom is 0.242 e. The maximum atomic E-state index is 12.5. The number of aryl methyl sites for hydroxylation is 1. The number of rotatable bonds is 4. The van der Waals surface area contributed by atoms with Gasteiger partial charge >= 0.3 is 0 Å². The molecule has 0 saturated carbocycles. The van der Waals surface area contributed by atoms with Crippen LogP contribution in [0.25, 0.3) is 0 Å². The van der Waals surface area contributed by atoms with Crippen LogP contribution in [0.3, 0.4) is 0 Å². The Morgan fingerprint density at radius 1 is 1.30 bits per heavy atom. The molecule has 0 bridgehead atoms. The van der Waals surface area contributed by atoms with Crippen LogP contribution in [0.5, 0.6) is 0 Å². The van der Waals surface area contributed by atoms with E-state index >= 15 is 0 Å². The second-order valence-corrected chi connectivity index (χ2v) is 8.94. The van der Waals surface area contributed by atoms with Gasteiger partial charge in [0.1, 0.15) is 5.25 Å². The smallest absolute Gasteiger partial charge is 0.242 e. The molecule has 1 atom stereocenters. The summed E-state index contributed by atoms with van der Waals surface area (Å²) in [4.78, 5) is 30.9. The number of amides is 2. The Balaban J connectivity index is 1.68. The van der Waals surface area contributed by atoms with Gasteiger partial charge in [-0.2, -0.15) is 0 Å². The van der Waals surface area contributed by atoms with Crippen molar-refractivity contribution in [3.05, 3.63) is 56.6 Å². The number of hydrogen-bond acceptors (Lipinski definition) is 4. The van der Waals surface area contributed by atoms with E-state index in [0.29, 0.717) is 15.9 Å². The maximum absolute atomic E-state index is 12.5. The number of nitrogens with one attached hydrogen (secondary N) is 1. The Hall–Kier alpha value is -1.58. The molecule has 1 N–H and O–H groups in total. The van der Waals surface area contributed by atoms with Crippen molar-refractivity contribution in [1.82, 2.24) is 4.90 Å². The molecule has 1 heterocycles. The molecule has 1 fully saturated rings. The van der Waals surface area contributed by atoms with Crippen molar-refractivity contribution < 1.29 is 9.59 Å². The van der Waals surface area contributed by atoms with Gasteiger partial charge in [0.2, 0.25) is 11.8 Å². The first-order chi connectivity index (χ1) is 12.8. The van der Waals surface area contributed by atoms with Crippen LogP contribution in [-0.2, 0) is 9.59 Å². The summed E-state index contributed by atoms with van der Waals surface area (Å²) >= 11 is 9.52. The number of thioether (sulfide) groups is 1. The first kappa shape index (κ1) is 20.2. The van der Waals surface area contributed by atoms with E-state index in [2.05, 4.69) is 32.9 Å². The number of aliphatic imine (C=N–C) groups is 1. The van der Waals surface area contributed by atoms with Gasteiger partial charge in [-0.3, -0.25) is 14.5 Å². The molecular formula is C19H17ClIN3O2S. The Bertz CT molecular complexity index is 918. The quantitative estimate of drug-likeness (QED) is 0.595. The lowest BCUT2D eigenvalue weighted by Gasteiger charge is -2.11. The Labute approximate surface area is 180 Å². The highest BCUT2D eigenvalue weighted by atomic mass is 127. The molecule has 0 aliphatic carbocycles. The van der Waals surface area contributed by atoms with Gasteiger partial charge in [-0.15, -0.1) is 0 Å². The number of carbonyl (C=O) groups excluding carboxylic acids is 2. The van der Waals surface area contributed by atoms with E-state index in [1.54, 1.807) is 19.2 Å². The monoisotopic (exact) mass is 513 g/mol. The second-order valence-electron chi connectivity index (χ2n) is 6.09. The van der Waals surface area contributed by atoms with Gasteiger partial charge in [0, 0.05) is 27.7 Å². The topological polar surface area (TPSA) is 61.8 Å². The average molecular weight is 514 g/mol. The van der Waals surface area contributed by atoms with Gasteiger partial charge in [0.15, 0.2) is 5.17 Å². The molecule has 0 radical (unpaired) electrons. The molecule has 2 aromatic rings. The lowest BCUT2D eigenvalue weighted by molar-refractivity contribution is -0.127. The van der Waals surface area contributed by atoms with Gasteiger partial charge in [0.05, 0.1) is 5.69 Å². The van der Waals surface area contributed by atoms with E-state index in [1.807, 2.05) is 37.3 Å². The highest BCUT2D eigenvalue weighted by molar-refractivity contribution is 14.1. The van der Waals surface area contributed by atoms with E-state index in [-0.39, 0.29) is 18.2 Å². The predicted octanol–water partition coefficient (Wildman–Crippen LogP) is 4.84. The molecule has 1 aliphatic heterocycles. The molecule has 3 rings (SSSR count). The molecule has 2 aromatic carbocycles. The van der Waals surface area contributed by atoms with Crippen LogP contribution in [-0.4, -0.2) is 34.2 Å². The third kappa shape index (κ3) is 5.03. The molecule has 0 aromatic heterocycles. The number of amidine groups is 1. The Morgan fingerprint density at radius 2 is 2.00 bits per heavy atom. The third-order valence-electron chi connectivity index (χ3n) is 4.04. The van der Waals surface area contributed by atoms with Crippen LogP contribution in [0, 0.1) is 10.5 Å². The van der Waals surface area contributed by atoms with Crippen molar-refractivity contribution in [2.75, 3.05) is 12.4 Å². The number of carbonyl (C=O) groups is 2. The first-order valence-electron chi connectivity index (χ1n) is 8.18. The number of nitrogens with zero attached hydrogens (tertiary/aromatic N) is 2. The largest absolute Gasteiger partial charge is 0.326 e. The van der Waals surface area contributed by atoms with Gasteiger partial charge < -0.3 is 5.32 Å². The minimum Gasteiger partial charge on any atom is -0.326 e. The summed E-state index contributed by atoms with van der Waals surface area (Å²) < 4.78 is 1.12. The Kier molecular flexibility index (Phi) is 6.44. The zero-order valence-corrected chi connectivity index (χ0v) is 18.4. The van der Waals surface area contributed by atoms with Crippen molar-refractivity contribution in [3.63, 3.8) is 0 Å². The normalized spacial score (nSPS) is 18.2.